The normalized spacial score (nSPS) is 12.0. The lowest BCUT2D eigenvalue weighted by Gasteiger charge is -2.15. The smallest absolute Gasteiger partial charge is 0.316 e. The first-order chi connectivity index (χ1) is 8.01. The van der Waals surface area contributed by atoms with E-state index in [0.29, 0.717) is 5.75 Å². The molecule has 1 N–H and O–H groups in total. The second-order valence-electron chi connectivity index (χ2n) is 3.52. The molecule has 5 heteroatoms. The van der Waals surface area contributed by atoms with Crippen molar-refractivity contribution >= 4 is 17.7 Å². The minimum atomic E-state index is -0.842. The number of carboxylic acid groups (broad SMARTS) is 1. The van der Waals surface area contributed by atoms with Gasteiger partial charge in [-0.15, -0.1) is 11.8 Å². The van der Waals surface area contributed by atoms with E-state index in [1.165, 1.54) is 11.8 Å². The summed E-state index contributed by atoms with van der Waals surface area (Å²) in [5.41, 5.74) is 0.873. The first-order valence-corrected chi connectivity index (χ1v) is 6.00. The monoisotopic (exact) mass is 256 g/mol. The lowest BCUT2D eigenvalue weighted by atomic mass is 10.2. The molecule has 0 amide bonds. The van der Waals surface area contributed by atoms with E-state index in [2.05, 4.69) is 0 Å². The summed E-state index contributed by atoms with van der Waals surface area (Å²) < 4.78 is 10.5. The Kier molecular flexibility index (Phi) is 4.69. The number of carboxylic acids is 1. The average molecular weight is 256 g/mol. The number of aliphatic carboxylic acids is 1. The van der Waals surface area contributed by atoms with Crippen molar-refractivity contribution in [3.8, 4) is 11.5 Å². The molecule has 0 aliphatic carbocycles. The predicted molar refractivity (Wildman–Crippen MR) is 67.2 cm³/mol. The molecule has 17 heavy (non-hydrogen) atoms. The van der Waals surface area contributed by atoms with Crippen LogP contribution >= 0.6 is 11.8 Å². The Hall–Kier alpha value is -1.36. The summed E-state index contributed by atoms with van der Waals surface area (Å²) in [4.78, 5) is 11.6. The highest BCUT2D eigenvalue weighted by atomic mass is 32.2. The van der Waals surface area contributed by atoms with Gasteiger partial charge >= 0.3 is 5.97 Å². The fourth-order valence-electron chi connectivity index (χ4n) is 1.46. The number of benzene rings is 1. The number of methoxy groups -OCH3 is 2. The van der Waals surface area contributed by atoms with Crippen molar-refractivity contribution in [3.05, 3.63) is 17.7 Å². The molecule has 1 atom stereocenters. The van der Waals surface area contributed by atoms with Crippen LogP contribution in [0.2, 0.25) is 0 Å². The molecule has 0 saturated carbocycles. The van der Waals surface area contributed by atoms with Crippen molar-refractivity contribution in [1.82, 2.24) is 0 Å². The molecule has 0 aliphatic heterocycles. The van der Waals surface area contributed by atoms with Gasteiger partial charge in [0.25, 0.3) is 0 Å². The van der Waals surface area contributed by atoms with Crippen LogP contribution in [-0.2, 0) is 4.79 Å². The van der Waals surface area contributed by atoms with E-state index in [4.69, 9.17) is 14.6 Å². The Morgan fingerprint density at radius 3 is 2.47 bits per heavy atom. The number of ether oxygens (including phenoxy) is 2. The van der Waals surface area contributed by atoms with Gasteiger partial charge in [-0.2, -0.15) is 0 Å². The molecule has 0 saturated heterocycles. The molecule has 0 spiro atoms. The Labute approximate surface area is 105 Å². The summed E-state index contributed by atoms with van der Waals surface area (Å²) in [5.74, 6) is 0.558. The molecule has 0 bridgehead atoms. The molecule has 0 radical (unpaired) electrons. The number of hydrogen-bond donors (Lipinski definition) is 1. The Morgan fingerprint density at radius 1 is 1.35 bits per heavy atom. The Balaban J connectivity index is 3.08. The summed E-state index contributed by atoms with van der Waals surface area (Å²) in [5, 5.41) is 8.37. The molecule has 4 nitrogen and oxygen atoms in total. The van der Waals surface area contributed by atoms with Gasteiger partial charge in [-0.3, -0.25) is 4.79 Å². The van der Waals surface area contributed by atoms with Crippen molar-refractivity contribution in [2.45, 2.75) is 24.0 Å². The van der Waals surface area contributed by atoms with Gasteiger partial charge in [0, 0.05) is 5.56 Å². The third-order valence-corrected chi connectivity index (χ3v) is 3.53. The third-order valence-electron chi connectivity index (χ3n) is 2.40. The standard InChI is InChI=1S/C12H16O4S/c1-7-9(15-3)5-6-10(11(7)16-4)17-8(2)12(13)14/h5-6,8H,1-4H3,(H,13,14). The highest BCUT2D eigenvalue weighted by Gasteiger charge is 2.18. The largest absolute Gasteiger partial charge is 0.496 e. The van der Waals surface area contributed by atoms with E-state index in [0.717, 1.165) is 16.2 Å². The van der Waals surface area contributed by atoms with Crippen molar-refractivity contribution in [3.63, 3.8) is 0 Å². The molecule has 0 heterocycles. The second-order valence-corrected chi connectivity index (χ2v) is 4.91. The lowest BCUT2D eigenvalue weighted by Crippen LogP contribution is -2.11. The minimum absolute atomic E-state index is 0.517. The quantitative estimate of drug-likeness (QED) is 0.821. The molecule has 94 valence electrons. The number of thioether (sulfide) groups is 1. The molecular formula is C12H16O4S. The fraction of sp³-hybridized carbons (Fsp3) is 0.417. The van der Waals surface area contributed by atoms with Gasteiger partial charge in [-0.05, 0) is 26.0 Å². The van der Waals surface area contributed by atoms with Crippen LogP contribution in [0, 0.1) is 6.92 Å². The topological polar surface area (TPSA) is 55.8 Å². The van der Waals surface area contributed by atoms with Crippen LogP contribution in [0.25, 0.3) is 0 Å². The van der Waals surface area contributed by atoms with Gasteiger partial charge in [-0.25, -0.2) is 0 Å². The van der Waals surface area contributed by atoms with Gasteiger partial charge in [0.1, 0.15) is 16.7 Å². The SMILES string of the molecule is COc1ccc(SC(C)C(=O)O)c(OC)c1C. The van der Waals surface area contributed by atoms with E-state index < -0.39 is 11.2 Å². The van der Waals surface area contributed by atoms with Crippen LogP contribution in [0.4, 0.5) is 0 Å². The molecular weight excluding hydrogens is 240 g/mol. The van der Waals surface area contributed by atoms with Crippen LogP contribution < -0.4 is 9.47 Å². The molecule has 0 aromatic heterocycles. The molecule has 0 fully saturated rings. The molecule has 1 aromatic carbocycles. The highest BCUT2D eigenvalue weighted by Crippen LogP contribution is 2.38. The van der Waals surface area contributed by atoms with Gasteiger partial charge in [0.2, 0.25) is 0 Å². The highest BCUT2D eigenvalue weighted by molar-refractivity contribution is 8.00. The third kappa shape index (κ3) is 3.06. The summed E-state index contributed by atoms with van der Waals surface area (Å²) in [6.07, 6.45) is 0. The van der Waals surface area contributed by atoms with E-state index in [9.17, 15) is 4.79 Å². The summed E-state index contributed by atoms with van der Waals surface area (Å²) in [6, 6.07) is 3.63. The van der Waals surface area contributed by atoms with Crippen molar-refractivity contribution in [1.29, 1.82) is 0 Å². The van der Waals surface area contributed by atoms with Crippen LogP contribution in [0.1, 0.15) is 12.5 Å². The zero-order valence-electron chi connectivity index (χ0n) is 10.3. The van der Waals surface area contributed by atoms with Gasteiger partial charge in [0.05, 0.1) is 19.1 Å². The van der Waals surface area contributed by atoms with Gasteiger partial charge < -0.3 is 14.6 Å². The Bertz CT molecular complexity index is 417. The number of carbonyl (C=O) groups is 1. The first kappa shape index (κ1) is 13.7. The van der Waals surface area contributed by atoms with E-state index in [-0.39, 0.29) is 0 Å². The van der Waals surface area contributed by atoms with Crippen LogP contribution in [0.3, 0.4) is 0 Å². The van der Waals surface area contributed by atoms with E-state index in [1.54, 1.807) is 21.1 Å². The van der Waals surface area contributed by atoms with Crippen molar-refractivity contribution in [2.75, 3.05) is 14.2 Å². The van der Waals surface area contributed by atoms with Crippen LogP contribution in [0.15, 0.2) is 17.0 Å². The maximum Gasteiger partial charge on any atom is 0.316 e. The fourth-order valence-corrected chi connectivity index (χ4v) is 2.43. The maximum atomic E-state index is 10.8. The van der Waals surface area contributed by atoms with E-state index in [1.807, 2.05) is 19.1 Å². The molecule has 0 aliphatic rings. The zero-order chi connectivity index (χ0) is 13.0. The maximum absolute atomic E-state index is 10.8. The summed E-state index contributed by atoms with van der Waals surface area (Å²) >= 11 is 1.26. The Morgan fingerprint density at radius 2 is 2.00 bits per heavy atom. The first-order valence-electron chi connectivity index (χ1n) is 5.12. The van der Waals surface area contributed by atoms with Gasteiger partial charge in [-0.1, -0.05) is 0 Å². The molecule has 1 aromatic rings. The van der Waals surface area contributed by atoms with Crippen molar-refractivity contribution in [2.24, 2.45) is 0 Å². The second kappa shape index (κ2) is 5.82. The predicted octanol–water partition coefficient (Wildman–Crippen LogP) is 2.58. The molecule has 1 unspecified atom stereocenters. The summed E-state index contributed by atoms with van der Waals surface area (Å²) in [6.45, 7) is 3.53. The van der Waals surface area contributed by atoms with E-state index >= 15 is 0 Å². The van der Waals surface area contributed by atoms with Crippen molar-refractivity contribution < 1.29 is 19.4 Å². The number of rotatable bonds is 5. The average Bonchev–Trinajstić information content (AvgIpc) is 2.29. The number of hydrogen-bond acceptors (Lipinski definition) is 4. The zero-order valence-corrected chi connectivity index (χ0v) is 11.1. The summed E-state index contributed by atoms with van der Waals surface area (Å²) in [7, 11) is 3.16. The van der Waals surface area contributed by atoms with Crippen LogP contribution in [0.5, 0.6) is 11.5 Å². The molecule has 1 rings (SSSR count). The lowest BCUT2D eigenvalue weighted by molar-refractivity contribution is -0.136. The minimum Gasteiger partial charge on any atom is -0.496 e. The van der Waals surface area contributed by atoms with Gasteiger partial charge in [0.15, 0.2) is 0 Å². The van der Waals surface area contributed by atoms with Crippen LogP contribution in [-0.4, -0.2) is 30.5 Å².